The van der Waals surface area contributed by atoms with Gasteiger partial charge in [-0.2, -0.15) is 0 Å². The number of likely N-dealkylation sites (tertiary alicyclic amines) is 1. The predicted octanol–water partition coefficient (Wildman–Crippen LogP) is 3.45. The van der Waals surface area contributed by atoms with Crippen molar-refractivity contribution in [3.63, 3.8) is 0 Å². The van der Waals surface area contributed by atoms with Crippen LogP contribution in [0.4, 0.5) is 0 Å². The zero-order valence-corrected chi connectivity index (χ0v) is 16.4. The second kappa shape index (κ2) is 11.9. The second-order valence-electron chi connectivity index (χ2n) is 6.73. The Kier molecular flexibility index (Phi) is 10.3. The number of halogens is 1. The highest BCUT2D eigenvalue weighted by Crippen LogP contribution is 2.18. The molecule has 1 saturated heterocycles. The van der Waals surface area contributed by atoms with Crippen LogP contribution in [0.5, 0.6) is 5.75 Å². The molecule has 0 aromatic heterocycles. The molecule has 5 nitrogen and oxygen atoms in total. The highest BCUT2D eigenvalue weighted by Gasteiger charge is 2.25. The van der Waals surface area contributed by atoms with Gasteiger partial charge >= 0.3 is 0 Å². The highest BCUT2D eigenvalue weighted by molar-refractivity contribution is 5.98. The van der Waals surface area contributed by atoms with Gasteiger partial charge in [0.05, 0.1) is 6.61 Å². The maximum atomic E-state index is 12.3. The van der Waals surface area contributed by atoms with Crippen LogP contribution in [0.25, 0.3) is 0 Å². The van der Waals surface area contributed by atoms with Gasteiger partial charge in [-0.25, -0.2) is 0 Å². The van der Waals surface area contributed by atoms with Crippen molar-refractivity contribution in [3.05, 3.63) is 29.8 Å². The minimum atomic E-state index is 0. The Balaban J connectivity index is 0.00000338. The third-order valence-electron chi connectivity index (χ3n) is 4.73. The number of Topliss-reactive ketones (excluding diaryl/α,β-unsaturated/α-hetero) is 1. The molecule has 1 aromatic carbocycles. The molecule has 0 aliphatic carbocycles. The van der Waals surface area contributed by atoms with E-state index < -0.39 is 0 Å². The van der Waals surface area contributed by atoms with Crippen LogP contribution < -0.4 is 10.5 Å². The third kappa shape index (κ3) is 6.96. The summed E-state index contributed by atoms with van der Waals surface area (Å²) >= 11 is 0. The molecule has 0 spiro atoms. The van der Waals surface area contributed by atoms with Gasteiger partial charge in [0.1, 0.15) is 5.75 Å². The second-order valence-corrected chi connectivity index (χ2v) is 6.73. The lowest BCUT2D eigenvalue weighted by atomic mass is 10.1. The molecule has 1 atom stereocenters. The van der Waals surface area contributed by atoms with Crippen molar-refractivity contribution >= 4 is 24.1 Å². The molecule has 2 rings (SSSR count). The molecule has 0 radical (unpaired) electrons. The minimum absolute atomic E-state index is 0. The number of unbranched alkanes of at least 4 members (excludes halogenated alkanes) is 2. The number of nitrogens with two attached hydrogens (primary N) is 1. The van der Waals surface area contributed by atoms with Gasteiger partial charge in [0, 0.05) is 31.5 Å². The van der Waals surface area contributed by atoms with Gasteiger partial charge in [0.2, 0.25) is 5.91 Å². The van der Waals surface area contributed by atoms with Crippen molar-refractivity contribution in [2.45, 2.75) is 45.4 Å². The van der Waals surface area contributed by atoms with Gasteiger partial charge in [-0.3, -0.25) is 9.59 Å². The smallest absolute Gasteiger partial charge is 0.223 e. The molecule has 1 aliphatic heterocycles. The first kappa shape index (κ1) is 22.5. The van der Waals surface area contributed by atoms with Crippen molar-refractivity contribution in [2.24, 2.45) is 11.7 Å². The summed E-state index contributed by atoms with van der Waals surface area (Å²) in [7, 11) is 0. The molecule has 1 unspecified atom stereocenters. The fourth-order valence-electron chi connectivity index (χ4n) is 3.05. The molecule has 1 fully saturated rings. The Bertz CT molecular complexity index is 563. The van der Waals surface area contributed by atoms with Gasteiger partial charge in [0.15, 0.2) is 5.78 Å². The average molecular weight is 383 g/mol. The third-order valence-corrected chi connectivity index (χ3v) is 4.73. The van der Waals surface area contributed by atoms with Crippen LogP contribution in [0.1, 0.15) is 55.8 Å². The van der Waals surface area contributed by atoms with E-state index in [1.165, 1.54) is 6.42 Å². The van der Waals surface area contributed by atoms with Crippen molar-refractivity contribution in [1.29, 1.82) is 0 Å². The number of hydrogen-bond donors (Lipinski definition) is 1. The van der Waals surface area contributed by atoms with Gasteiger partial charge in [-0.15, -0.1) is 12.4 Å². The summed E-state index contributed by atoms with van der Waals surface area (Å²) in [6, 6.07) is 7.21. The molecule has 146 valence electrons. The Labute approximate surface area is 162 Å². The van der Waals surface area contributed by atoms with Gasteiger partial charge < -0.3 is 15.4 Å². The summed E-state index contributed by atoms with van der Waals surface area (Å²) in [5.74, 6) is 1.25. The van der Waals surface area contributed by atoms with E-state index >= 15 is 0 Å². The van der Waals surface area contributed by atoms with E-state index in [1.54, 1.807) is 12.1 Å². The molecule has 1 aromatic rings. The number of benzene rings is 1. The number of carbonyl (C=O) groups is 2. The number of hydrogen-bond acceptors (Lipinski definition) is 4. The minimum Gasteiger partial charge on any atom is -0.494 e. The van der Waals surface area contributed by atoms with Crippen LogP contribution in [0.15, 0.2) is 24.3 Å². The number of ketones is 1. The molecule has 1 aliphatic rings. The van der Waals surface area contributed by atoms with Gasteiger partial charge in [-0.05, 0) is 49.6 Å². The van der Waals surface area contributed by atoms with Crippen LogP contribution in [-0.2, 0) is 4.79 Å². The quantitative estimate of drug-likeness (QED) is 0.497. The van der Waals surface area contributed by atoms with Crippen molar-refractivity contribution < 1.29 is 14.3 Å². The predicted molar refractivity (Wildman–Crippen MR) is 106 cm³/mol. The fraction of sp³-hybridized carbons (Fsp3) is 0.600. The zero-order valence-electron chi connectivity index (χ0n) is 15.6. The number of amides is 1. The fourth-order valence-corrected chi connectivity index (χ4v) is 3.05. The van der Waals surface area contributed by atoms with E-state index in [4.69, 9.17) is 10.5 Å². The van der Waals surface area contributed by atoms with E-state index in [0.29, 0.717) is 24.6 Å². The normalized spacial score (nSPS) is 16.2. The SMILES string of the molecule is CCCCCOc1ccc(C(=O)CCC(=O)N2CCC(CN)C2)cc1.Cl. The maximum Gasteiger partial charge on any atom is 0.223 e. The molecule has 0 saturated carbocycles. The number of ether oxygens (including phenoxy) is 1. The Hall–Kier alpha value is -1.59. The Morgan fingerprint density at radius 2 is 1.92 bits per heavy atom. The Morgan fingerprint density at radius 3 is 2.54 bits per heavy atom. The maximum absolute atomic E-state index is 12.3. The summed E-state index contributed by atoms with van der Waals surface area (Å²) in [5.41, 5.74) is 6.28. The van der Waals surface area contributed by atoms with Crippen LogP contribution >= 0.6 is 12.4 Å². The van der Waals surface area contributed by atoms with Gasteiger partial charge in [-0.1, -0.05) is 19.8 Å². The average Bonchev–Trinajstić information content (AvgIpc) is 3.13. The van der Waals surface area contributed by atoms with E-state index in [2.05, 4.69) is 6.92 Å². The Morgan fingerprint density at radius 1 is 1.19 bits per heavy atom. The van der Waals surface area contributed by atoms with E-state index in [0.717, 1.165) is 38.1 Å². The standard InChI is InChI=1S/C20H30N2O3.ClH/c1-2-3-4-13-25-18-7-5-17(6-8-18)19(23)9-10-20(24)22-12-11-16(14-21)15-22;/h5-8,16H,2-4,9-15,21H2,1H3;1H. The molecule has 2 N–H and O–H groups in total. The van der Waals surface area contributed by atoms with E-state index in [9.17, 15) is 9.59 Å². The molecule has 6 heteroatoms. The molecule has 1 heterocycles. The lowest BCUT2D eigenvalue weighted by Gasteiger charge is -2.16. The molecule has 0 bridgehead atoms. The monoisotopic (exact) mass is 382 g/mol. The van der Waals surface area contributed by atoms with Crippen molar-refractivity contribution in [2.75, 3.05) is 26.2 Å². The number of rotatable bonds is 10. The number of nitrogens with zero attached hydrogens (tertiary/aromatic N) is 1. The summed E-state index contributed by atoms with van der Waals surface area (Å²) in [6.07, 6.45) is 4.86. The highest BCUT2D eigenvalue weighted by atomic mass is 35.5. The molecular weight excluding hydrogens is 352 g/mol. The first-order valence-electron chi connectivity index (χ1n) is 9.38. The number of carbonyl (C=O) groups excluding carboxylic acids is 2. The van der Waals surface area contributed by atoms with E-state index in [-0.39, 0.29) is 36.9 Å². The van der Waals surface area contributed by atoms with Crippen molar-refractivity contribution in [1.82, 2.24) is 4.90 Å². The summed E-state index contributed by atoms with van der Waals surface area (Å²) < 4.78 is 5.65. The summed E-state index contributed by atoms with van der Waals surface area (Å²) in [5, 5.41) is 0. The van der Waals surface area contributed by atoms with E-state index in [1.807, 2.05) is 17.0 Å². The molecule has 26 heavy (non-hydrogen) atoms. The van der Waals surface area contributed by atoms with Gasteiger partial charge in [0.25, 0.3) is 0 Å². The first-order valence-corrected chi connectivity index (χ1v) is 9.38. The summed E-state index contributed by atoms with van der Waals surface area (Å²) in [6.45, 7) is 4.98. The zero-order chi connectivity index (χ0) is 18.1. The largest absolute Gasteiger partial charge is 0.494 e. The molecule has 1 amide bonds. The lowest BCUT2D eigenvalue weighted by Crippen LogP contribution is -2.30. The topological polar surface area (TPSA) is 72.6 Å². The summed E-state index contributed by atoms with van der Waals surface area (Å²) in [4.78, 5) is 26.3. The first-order chi connectivity index (χ1) is 12.1. The van der Waals surface area contributed by atoms with Crippen LogP contribution in [-0.4, -0.2) is 42.8 Å². The van der Waals surface area contributed by atoms with Crippen LogP contribution in [0.2, 0.25) is 0 Å². The van der Waals surface area contributed by atoms with Crippen molar-refractivity contribution in [3.8, 4) is 5.75 Å². The molecular formula is C20H31ClN2O3. The van der Waals surface area contributed by atoms with Crippen LogP contribution in [0.3, 0.4) is 0 Å². The van der Waals surface area contributed by atoms with Crippen LogP contribution in [0, 0.1) is 5.92 Å². The lowest BCUT2D eigenvalue weighted by molar-refractivity contribution is -0.130.